The van der Waals surface area contributed by atoms with Gasteiger partial charge in [-0.25, -0.2) is 0 Å². The number of rotatable bonds is 4. The Kier molecular flexibility index (Phi) is 3.92. The molecule has 0 spiro atoms. The molecule has 120 valence electrons. The summed E-state index contributed by atoms with van der Waals surface area (Å²) in [5.74, 6) is -0.0550. The van der Waals surface area contributed by atoms with Gasteiger partial charge in [0.2, 0.25) is 0 Å². The topological polar surface area (TPSA) is 47.3 Å². The van der Waals surface area contributed by atoms with E-state index in [2.05, 4.69) is 9.97 Å². The van der Waals surface area contributed by atoms with Crippen molar-refractivity contribution in [2.75, 3.05) is 0 Å². The fourth-order valence-electron chi connectivity index (χ4n) is 2.71. The molecule has 0 saturated carbocycles. The zero-order valence-corrected chi connectivity index (χ0v) is 13.4. The van der Waals surface area contributed by atoms with Crippen LogP contribution in [0.1, 0.15) is 15.9 Å². The van der Waals surface area contributed by atoms with Crippen LogP contribution >= 0.6 is 0 Å². The minimum absolute atomic E-state index is 0.0550. The summed E-state index contributed by atoms with van der Waals surface area (Å²) < 4.78 is 1.93. The van der Waals surface area contributed by atoms with E-state index in [1.807, 2.05) is 65.3 Å². The Balaban J connectivity index is 1.65. The number of aromatic nitrogens is 3. The van der Waals surface area contributed by atoms with Crippen molar-refractivity contribution < 1.29 is 4.79 Å². The van der Waals surface area contributed by atoms with E-state index in [1.165, 1.54) is 0 Å². The maximum absolute atomic E-state index is 12.5. The van der Waals surface area contributed by atoms with E-state index in [0.717, 1.165) is 22.3 Å². The van der Waals surface area contributed by atoms with E-state index in [4.69, 9.17) is 0 Å². The molecule has 3 aromatic heterocycles. The summed E-state index contributed by atoms with van der Waals surface area (Å²) in [6, 6.07) is 15.5. The number of benzene rings is 1. The number of hydrogen-bond acceptors (Lipinski definition) is 3. The molecular weight excluding hydrogens is 310 g/mol. The summed E-state index contributed by atoms with van der Waals surface area (Å²) in [5.41, 5.74) is 4.23. The van der Waals surface area contributed by atoms with Crippen LogP contribution in [-0.4, -0.2) is 20.2 Å². The minimum atomic E-state index is -0.0550. The molecule has 4 heteroatoms. The highest BCUT2D eigenvalue weighted by atomic mass is 16.1. The van der Waals surface area contributed by atoms with E-state index in [-0.39, 0.29) is 5.78 Å². The normalized spacial score (nSPS) is 11.2. The smallest absolute Gasteiger partial charge is 0.188 e. The van der Waals surface area contributed by atoms with Gasteiger partial charge in [0.15, 0.2) is 5.78 Å². The fourth-order valence-corrected chi connectivity index (χ4v) is 2.71. The molecule has 0 bridgehead atoms. The molecule has 0 saturated heterocycles. The van der Waals surface area contributed by atoms with Crippen LogP contribution in [-0.2, 0) is 0 Å². The van der Waals surface area contributed by atoms with Crippen molar-refractivity contribution in [3.05, 3.63) is 96.7 Å². The predicted molar refractivity (Wildman–Crippen MR) is 98.2 cm³/mol. The Bertz CT molecular complexity index is 1050. The van der Waals surface area contributed by atoms with Gasteiger partial charge in [-0.3, -0.25) is 14.8 Å². The molecule has 1 aromatic carbocycles. The largest absolute Gasteiger partial charge is 0.320 e. The number of pyridine rings is 1. The summed E-state index contributed by atoms with van der Waals surface area (Å²) in [5, 5.41) is 0. The van der Waals surface area contributed by atoms with Gasteiger partial charge >= 0.3 is 0 Å². The lowest BCUT2D eigenvalue weighted by molar-refractivity contribution is 0.104. The first kappa shape index (κ1) is 15.0. The Morgan fingerprint density at radius 3 is 2.68 bits per heavy atom. The lowest BCUT2D eigenvalue weighted by atomic mass is 10.1. The summed E-state index contributed by atoms with van der Waals surface area (Å²) in [6.45, 7) is 0. The Labute approximate surface area is 145 Å². The lowest BCUT2D eigenvalue weighted by Crippen LogP contribution is -1.95. The van der Waals surface area contributed by atoms with Crippen molar-refractivity contribution in [2.45, 2.75) is 0 Å². The molecule has 0 aliphatic rings. The van der Waals surface area contributed by atoms with E-state index in [1.54, 1.807) is 30.7 Å². The third-order valence-electron chi connectivity index (χ3n) is 3.99. The Hall–Kier alpha value is -3.53. The molecule has 0 fully saturated rings. The van der Waals surface area contributed by atoms with Gasteiger partial charge in [-0.1, -0.05) is 36.4 Å². The van der Waals surface area contributed by atoms with E-state index < -0.39 is 0 Å². The van der Waals surface area contributed by atoms with Crippen molar-refractivity contribution in [3.8, 4) is 11.3 Å². The molecule has 0 unspecified atom stereocenters. The van der Waals surface area contributed by atoms with Crippen LogP contribution in [0.5, 0.6) is 0 Å². The second kappa shape index (κ2) is 6.53. The lowest BCUT2D eigenvalue weighted by Gasteiger charge is -2.03. The highest BCUT2D eigenvalue weighted by Crippen LogP contribution is 2.20. The highest BCUT2D eigenvalue weighted by molar-refractivity contribution is 6.11. The first-order valence-corrected chi connectivity index (χ1v) is 7.96. The molecule has 0 atom stereocenters. The van der Waals surface area contributed by atoms with Gasteiger partial charge in [0, 0.05) is 35.9 Å². The summed E-state index contributed by atoms with van der Waals surface area (Å²) in [7, 11) is 0. The van der Waals surface area contributed by atoms with E-state index >= 15 is 0 Å². The van der Waals surface area contributed by atoms with Gasteiger partial charge in [0.05, 0.1) is 17.4 Å². The molecule has 0 amide bonds. The molecule has 0 N–H and O–H groups in total. The molecule has 4 nitrogen and oxygen atoms in total. The van der Waals surface area contributed by atoms with Gasteiger partial charge in [0.1, 0.15) is 0 Å². The Morgan fingerprint density at radius 1 is 1.00 bits per heavy atom. The quantitative estimate of drug-likeness (QED) is 0.415. The molecule has 0 aliphatic heterocycles. The van der Waals surface area contributed by atoms with Crippen molar-refractivity contribution in [1.29, 1.82) is 0 Å². The first-order chi connectivity index (χ1) is 12.3. The third-order valence-corrected chi connectivity index (χ3v) is 3.99. The zero-order chi connectivity index (χ0) is 17.1. The zero-order valence-electron chi connectivity index (χ0n) is 13.4. The van der Waals surface area contributed by atoms with Gasteiger partial charge in [0.25, 0.3) is 0 Å². The number of ketones is 1. The average molecular weight is 325 g/mol. The van der Waals surface area contributed by atoms with Gasteiger partial charge < -0.3 is 4.40 Å². The molecule has 4 aromatic rings. The number of carbonyl (C=O) groups is 1. The van der Waals surface area contributed by atoms with Crippen molar-refractivity contribution in [1.82, 2.24) is 14.4 Å². The van der Waals surface area contributed by atoms with Crippen LogP contribution < -0.4 is 0 Å². The summed E-state index contributed by atoms with van der Waals surface area (Å²) in [4.78, 5) is 21.0. The van der Waals surface area contributed by atoms with Crippen molar-refractivity contribution in [2.24, 2.45) is 0 Å². The van der Waals surface area contributed by atoms with Crippen LogP contribution in [0.4, 0.5) is 0 Å². The number of fused-ring (bicyclic) bond motifs is 1. The summed E-state index contributed by atoms with van der Waals surface area (Å²) in [6.07, 6.45) is 12.3. The summed E-state index contributed by atoms with van der Waals surface area (Å²) >= 11 is 0. The third kappa shape index (κ3) is 3.10. The predicted octanol–water partition coefficient (Wildman–Crippen LogP) is 4.29. The van der Waals surface area contributed by atoms with E-state index in [0.29, 0.717) is 5.56 Å². The fraction of sp³-hybridized carbons (Fsp3) is 0. The second-order valence-electron chi connectivity index (χ2n) is 5.64. The maximum atomic E-state index is 12.5. The van der Waals surface area contributed by atoms with Crippen LogP contribution in [0.3, 0.4) is 0 Å². The number of nitrogens with zero attached hydrogens (tertiary/aromatic N) is 3. The van der Waals surface area contributed by atoms with Crippen molar-refractivity contribution in [3.63, 3.8) is 0 Å². The highest BCUT2D eigenvalue weighted by Gasteiger charge is 2.10. The van der Waals surface area contributed by atoms with Crippen LogP contribution in [0.15, 0.2) is 85.6 Å². The molecule has 0 aliphatic carbocycles. The second-order valence-corrected chi connectivity index (χ2v) is 5.64. The molecule has 0 radical (unpaired) electrons. The van der Waals surface area contributed by atoms with Crippen LogP contribution in [0, 0.1) is 0 Å². The van der Waals surface area contributed by atoms with Crippen LogP contribution in [0.25, 0.3) is 22.9 Å². The Morgan fingerprint density at radius 2 is 1.88 bits per heavy atom. The number of carbonyl (C=O) groups excluding carboxylic acids is 1. The van der Waals surface area contributed by atoms with Gasteiger partial charge in [-0.05, 0) is 29.8 Å². The first-order valence-electron chi connectivity index (χ1n) is 7.96. The van der Waals surface area contributed by atoms with Gasteiger partial charge in [-0.2, -0.15) is 0 Å². The SMILES string of the molecule is O=C(/C=C/c1cccnc1)c1ccn2cc(-c3ccccc3)ncc12. The van der Waals surface area contributed by atoms with Crippen molar-refractivity contribution >= 4 is 17.4 Å². The standard InChI is InChI=1S/C21H15N3O/c25-21(9-8-16-5-4-11-22-13-16)18-10-12-24-15-19(23-14-20(18)24)17-6-2-1-3-7-17/h1-15H/b9-8+. The van der Waals surface area contributed by atoms with Gasteiger partial charge in [-0.15, -0.1) is 0 Å². The van der Waals surface area contributed by atoms with E-state index in [9.17, 15) is 4.79 Å². The molecule has 25 heavy (non-hydrogen) atoms. The van der Waals surface area contributed by atoms with Crippen LogP contribution in [0.2, 0.25) is 0 Å². The molecule has 3 heterocycles. The monoisotopic (exact) mass is 325 g/mol. The number of allylic oxidation sites excluding steroid dienone is 1. The molecule has 4 rings (SSSR count). The average Bonchev–Trinajstić information content (AvgIpc) is 3.11. The number of hydrogen-bond donors (Lipinski definition) is 0. The maximum Gasteiger partial charge on any atom is 0.188 e. The minimum Gasteiger partial charge on any atom is -0.320 e. The molecular formula is C21H15N3O.